The predicted octanol–water partition coefficient (Wildman–Crippen LogP) is 1.61. The molecule has 0 saturated heterocycles. The van der Waals surface area contributed by atoms with E-state index in [0.717, 1.165) is 5.56 Å². The molecule has 0 amide bonds. The average molecular weight is 329 g/mol. The van der Waals surface area contributed by atoms with Crippen molar-refractivity contribution in [3.63, 3.8) is 0 Å². The van der Waals surface area contributed by atoms with Gasteiger partial charge >= 0.3 is 0 Å². The first kappa shape index (κ1) is 16.0. The molecule has 0 bridgehead atoms. The quantitative estimate of drug-likeness (QED) is 0.845. The first-order valence-electron chi connectivity index (χ1n) is 6.43. The van der Waals surface area contributed by atoms with Crippen LogP contribution in [-0.4, -0.2) is 24.7 Å². The number of benzene rings is 1. The molecule has 1 aromatic carbocycles. The van der Waals surface area contributed by atoms with Gasteiger partial charge in [0, 0.05) is 24.8 Å². The summed E-state index contributed by atoms with van der Waals surface area (Å²) in [6.45, 7) is 2.03. The Labute approximate surface area is 129 Å². The molecule has 0 radical (unpaired) electrons. The normalized spacial score (nSPS) is 13.3. The van der Waals surface area contributed by atoms with Gasteiger partial charge in [0.25, 0.3) is 10.2 Å². The number of rotatable bonds is 6. The minimum atomic E-state index is -3.61. The van der Waals surface area contributed by atoms with Gasteiger partial charge in [0.05, 0.1) is 11.7 Å². The second-order valence-corrected chi connectivity index (χ2v) is 6.49. The molecule has 114 valence electrons. The maximum Gasteiger partial charge on any atom is 0.277 e. The van der Waals surface area contributed by atoms with Crippen LogP contribution in [-0.2, 0) is 17.3 Å². The van der Waals surface area contributed by atoms with Crippen molar-refractivity contribution in [3.8, 4) is 0 Å². The Morgan fingerprint density at radius 1 is 1.29 bits per heavy atom. The molecular formula is C13H17ClN4O2S. The lowest BCUT2D eigenvalue weighted by molar-refractivity contribution is 0.555. The van der Waals surface area contributed by atoms with Crippen LogP contribution in [0.4, 0.5) is 0 Å². The van der Waals surface area contributed by atoms with E-state index in [9.17, 15) is 8.42 Å². The Morgan fingerprint density at radius 2 is 1.95 bits per heavy atom. The zero-order valence-corrected chi connectivity index (χ0v) is 13.3. The van der Waals surface area contributed by atoms with Crippen LogP contribution < -0.4 is 9.44 Å². The molecule has 0 aliphatic rings. The maximum absolute atomic E-state index is 12.0. The van der Waals surface area contributed by atoms with E-state index in [-0.39, 0.29) is 0 Å². The van der Waals surface area contributed by atoms with Crippen molar-refractivity contribution in [2.24, 2.45) is 7.05 Å². The third-order valence-corrected chi connectivity index (χ3v) is 4.31. The lowest BCUT2D eigenvalue weighted by Gasteiger charge is -2.17. The van der Waals surface area contributed by atoms with Gasteiger partial charge < -0.3 is 0 Å². The number of nitrogens with one attached hydrogen (secondary N) is 2. The van der Waals surface area contributed by atoms with Crippen LogP contribution in [0.5, 0.6) is 0 Å². The maximum atomic E-state index is 12.0. The molecule has 0 aliphatic carbocycles. The Kier molecular flexibility index (Phi) is 5.00. The highest BCUT2D eigenvalue weighted by Crippen LogP contribution is 2.22. The molecule has 1 atom stereocenters. The van der Waals surface area contributed by atoms with Gasteiger partial charge in [-0.05, 0) is 23.8 Å². The highest BCUT2D eigenvalue weighted by atomic mass is 35.5. The van der Waals surface area contributed by atoms with E-state index >= 15 is 0 Å². The summed E-state index contributed by atoms with van der Waals surface area (Å²) in [5.41, 5.74) is 1.38. The summed E-state index contributed by atoms with van der Waals surface area (Å²) in [6, 6.07) is 8.18. The third-order valence-electron chi connectivity index (χ3n) is 2.84. The molecule has 2 rings (SSSR count). The van der Waals surface area contributed by atoms with E-state index in [2.05, 4.69) is 14.5 Å². The van der Waals surface area contributed by atoms with E-state index in [1.165, 1.54) is 0 Å². The van der Waals surface area contributed by atoms with Crippen LogP contribution in [0.1, 0.15) is 24.2 Å². The number of halogens is 1. The standard InChI is InChI=1S/C13H17ClN4O2S/c1-3-15-21(19,20)17-13(12-8-9-18(2)16-12)10-4-6-11(14)7-5-10/h4-9,13,15,17H,3H2,1-2H3/t13-/m1/s1. The number of aromatic nitrogens is 2. The molecule has 0 spiro atoms. The predicted molar refractivity (Wildman–Crippen MR) is 82.2 cm³/mol. The number of aryl methyl sites for hydroxylation is 1. The summed E-state index contributed by atoms with van der Waals surface area (Å²) in [6.07, 6.45) is 1.76. The van der Waals surface area contributed by atoms with Crippen LogP contribution in [0.25, 0.3) is 0 Å². The summed E-state index contributed by atoms with van der Waals surface area (Å²) < 4.78 is 30.6. The Hall–Kier alpha value is -1.41. The number of nitrogens with zero attached hydrogens (tertiary/aromatic N) is 2. The topological polar surface area (TPSA) is 76.0 Å². The summed E-state index contributed by atoms with van der Waals surface area (Å²) in [5, 5.41) is 4.87. The molecule has 2 N–H and O–H groups in total. The zero-order valence-electron chi connectivity index (χ0n) is 11.7. The molecule has 0 saturated carbocycles. The van der Waals surface area contributed by atoms with Crippen LogP contribution >= 0.6 is 11.6 Å². The van der Waals surface area contributed by atoms with Gasteiger partial charge in [0.15, 0.2) is 0 Å². The largest absolute Gasteiger partial charge is 0.277 e. The fourth-order valence-corrected chi connectivity index (χ4v) is 3.08. The molecule has 0 fully saturated rings. The van der Waals surface area contributed by atoms with E-state index in [1.54, 1.807) is 55.2 Å². The molecule has 0 aliphatic heterocycles. The lowest BCUT2D eigenvalue weighted by atomic mass is 10.1. The SMILES string of the molecule is CCNS(=O)(=O)N[C@H](c1ccc(Cl)cc1)c1ccn(C)n1. The van der Waals surface area contributed by atoms with Crippen molar-refractivity contribution in [2.75, 3.05) is 6.54 Å². The van der Waals surface area contributed by atoms with Gasteiger partial charge in [-0.15, -0.1) is 0 Å². The van der Waals surface area contributed by atoms with Gasteiger partial charge in [0.2, 0.25) is 0 Å². The summed E-state index contributed by atoms with van der Waals surface area (Å²) >= 11 is 5.88. The van der Waals surface area contributed by atoms with Gasteiger partial charge in [-0.2, -0.15) is 18.2 Å². The Bertz CT molecular complexity index is 697. The molecule has 8 heteroatoms. The molecule has 0 unspecified atom stereocenters. The van der Waals surface area contributed by atoms with E-state index in [1.807, 2.05) is 0 Å². The minimum Gasteiger partial charge on any atom is -0.275 e. The fraction of sp³-hybridized carbons (Fsp3) is 0.308. The average Bonchev–Trinajstić information content (AvgIpc) is 2.84. The molecule has 1 heterocycles. The molecular weight excluding hydrogens is 312 g/mol. The monoisotopic (exact) mass is 328 g/mol. The van der Waals surface area contributed by atoms with E-state index < -0.39 is 16.3 Å². The minimum absolute atomic E-state index is 0.310. The third kappa shape index (κ3) is 4.28. The zero-order chi connectivity index (χ0) is 15.5. The van der Waals surface area contributed by atoms with Gasteiger partial charge in [-0.25, -0.2) is 4.72 Å². The van der Waals surface area contributed by atoms with Crippen molar-refractivity contribution >= 4 is 21.8 Å². The lowest BCUT2D eigenvalue weighted by Crippen LogP contribution is -2.39. The van der Waals surface area contributed by atoms with Crippen molar-refractivity contribution in [1.29, 1.82) is 0 Å². The second kappa shape index (κ2) is 6.57. The van der Waals surface area contributed by atoms with Crippen LogP contribution in [0.3, 0.4) is 0 Å². The molecule has 1 aromatic heterocycles. The van der Waals surface area contributed by atoms with Gasteiger partial charge in [0.1, 0.15) is 0 Å². The fourth-order valence-electron chi connectivity index (χ4n) is 1.93. The van der Waals surface area contributed by atoms with Gasteiger partial charge in [-0.3, -0.25) is 4.68 Å². The summed E-state index contributed by atoms with van der Waals surface area (Å²) in [4.78, 5) is 0. The van der Waals surface area contributed by atoms with Crippen molar-refractivity contribution in [1.82, 2.24) is 19.2 Å². The van der Waals surface area contributed by atoms with Gasteiger partial charge in [-0.1, -0.05) is 30.7 Å². The van der Waals surface area contributed by atoms with E-state index in [0.29, 0.717) is 17.3 Å². The summed E-state index contributed by atoms with van der Waals surface area (Å²) in [7, 11) is -1.83. The second-order valence-electron chi connectivity index (χ2n) is 4.52. The smallest absolute Gasteiger partial charge is 0.275 e. The number of hydrogen-bond acceptors (Lipinski definition) is 3. The summed E-state index contributed by atoms with van der Waals surface area (Å²) in [5.74, 6) is 0. The number of hydrogen-bond donors (Lipinski definition) is 2. The van der Waals surface area contributed by atoms with Crippen LogP contribution in [0, 0.1) is 0 Å². The highest BCUT2D eigenvalue weighted by molar-refractivity contribution is 7.87. The first-order valence-corrected chi connectivity index (χ1v) is 8.29. The highest BCUT2D eigenvalue weighted by Gasteiger charge is 2.22. The first-order chi connectivity index (χ1) is 9.91. The Morgan fingerprint density at radius 3 is 2.48 bits per heavy atom. The van der Waals surface area contributed by atoms with Crippen molar-refractivity contribution < 1.29 is 8.42 Å². The van der Waals surface area contributed by atoms with E-state index in [4.69, 9.17) is 11.6 Å². The van der Waals surface area contributed by atoms with Crippen molar-refractivity contribution in [2.45, 2.75) is 13.0 Å². The van der Waals surface area contributed by atoms with Crippen LogP contribution in [0.15, 0.2) is 36.5 Å². The Balaban J connectivity index is 2.37. The molecule has 2 aromatic rings. The van der Waals surface area contributed by atoms with Crippen LogP contribution in [0.2, 0.25) is 5.02 Å². The van der Waals surface area contributed by atoms with Crippen molar-refractivity contribution in [3.05, 3.63) is 52.8 Å². The molecule has 6 nitrogen and oxygen atoms in total. The molecule has 21 heavy (non-hydrogen) atoms.